The van der Waals surface area contributed by atoms with E-state index in [1.54, 1.807) is 57.2 Å². The van der Waals surface area contributed by atoms with Crippen LogP contribution in [0.3, 0.4) is 0 Å². The van der Waals surface area contributed by atoms with Crippen molar-refractivity contribution in [2.75, 3.05) is 22.1 Å². The molecule has 0 atom stereocenters. The van der Waals surface area contributed by atoms with Crippen LogP contribution in [0.4, 0.5) is 31.0 Å². The lowest BCUT2D eigenvalue weighted by atomic mass is 10.1. The van der Waals surface area contributed by atoms with Gasteiger partial charge in [0.05, 0.1) is 11.4 Å². The summed E-state index contributed by atoms with van der Waals surface area (Å²) in [6.45, 7) is 9.90. The molecule has 0 saturated carbocycles. The van der Waals surface area contributed by atoms with Crippen LogP contribution in [0, 0.1) is 5.82 Å². The molecular formula is C22H26FN3O4. The summed E-state index contributed by atoms with van der Waals surface area (Å²) in [5, 5.41) is 13.9. The molecule has 0 heterocycles. The number of nitrogens with one attached hydrogen (secondary N) is 2. The zero-order chi connectivity index (χ0) is 22.3. The van der Waals surface area contributed by atoms with E-state index in [-0.39, 0.29) is 17.2 Å². The van der Waals surface area contributed by atoms with Gasteiger partial charge < -0.3 is 14.7 Å². The van der Waals surface area contributed by atoms with Gasteiger partial charge in [-0.1, -0.05) is 18.2 Å². The highest BCUT2D eigenvalue weighted by Crippen LogP contribution is 2.29. The fourth-order valence-electron chi connectivity index (χ4n) is 2.70. The van der Waals surface area contributed by atoms with Gasteiger partial charge in [0.25, 0.3) is 0 Å². The number of halogens is 1. The van der Waals surface area contributed by atoms with Crippen molar-refractivity contribution in [1.29, 1.82) is 0 Å². The van der Waals surface area contributed by atoms with Crippen molar-refractivity contribution < 1.29 is 23.8 Å². The molecule has 2 amide bonds. The van der Waals surface area contributed by atoms with E-state index in [9.17, 15) is 14.0 Å². The second-order valence-corrected chi connectivity index (χ2v) is 7.58. The summed E-state index contributed by atoms with van der Waals surface area (Å²) in [5.41, 5.74) is 1.34. The van der Waals surface area contributed by atoms with Crippen LogP contribution in [-0.2, 0) is 11.3 Å². The van der Waals surface area contributed by atoms with Gasteiger partial charge >= 0.3 is 12.2 Å². The van der Waals surface area contributed by atoms with E-state index in [1.165, 1.54) is 12.1 Å². The molecule has 8 heteroatoms. The first-order valence-electron chi connectivity index (χ1n) is 9.31. The Morgan fingerprint density at radius 3 is 2.37 bits per heavy atom. The van der Waals surface area contributed by atoms with Crippen LogP contribution in [0.5, 0.6) is 0 Å². The molecule has 2 rings (SSSR count). The summed E-state index contributed by atoms with van der Waals surface area (Å²) in [4.78, 5) is 25.3. The third-order valence-corrected chi connectivity index (χ3v) is 3.88. The highest BCUT2D eigenvalue weighted by atomic mass is 19.1. The molecule has 0 spiro atoms. The van der Waals surface area contributed by atoms with Crippen molar-refractivity contribution in [2.45, 2.75) is 32.9 Å². The van der Waals surface area contributed by atoms with Crippen LogP contribution in [0.25, 0.3) is 0 Å². The quantitative estimate of drug-likeness (QED) is 0.523. The summed E-state index contributed by atoms with van der Waals surface area (Å²) in [6.07, 6.45) is -0.250. The molecule has 0 aliphatic heterocycles. The molecule has 0 aromatic heterocycles. The number of rotatable bonds is 7. The van der Waals surface area contributed by atoms with Gasteiger partial charge in [-0.15, -0.1) is 6.58 Å². The number of ether oxygens (including phenoxy) is 1. The van der Waals surface area contributed by atoms with Crippen LogP contribution >= 0.6 is 0 Å². The zero-order valence-corrected chi connectivity index (χ0v) is 17.2. The average Bonchev–Trinajstić information content (AvgIpc) is 2.62. The molecule has 2 aromatic carbocycles. The summed E-state index contributed by atoms with van der Waals surface area (Å²) in [6, 6.07) is 11.1. The first-order valence-corrected chi connectivity index (χ1v) is 9.31. The number of carbonyl (C=O) groups excluding carboxylic acids is 1. The molecule has 0 unspecified atom stereocenters. The molecule has 3 N–H and O–H groups in total. The van der Waals surface area contributed by atoms with Crippen molar-refractivity contribution >= 4 is 29.2 Å². The summed E-state index contributed by atoms with van der Waals surface area (Å²) < 4.78 is 18.5. The molecule has 0 radical (unpaired) electrons. The Labute approximate surface area is 175 Å². The van der Waals surface area contributed by atoms with Gasteiger partial charge in [0.2, 0.25) is 0 Å². The Morgan fingerprint density at radius 1 is 1.13 bits per heavy atom. The normalized spacial score (nSPS) is 10.8. The van der Waals surface area contributed by atoms with Crippen LogP contribution < -0.4 is 15.5 Å². The maximum atomic E-state index is 13.2. The monoisotopic (exact) mass is 415 g/mol. The molecular weight excluding hydrogens is 389 g/mol. The Balaban J connectivity index is 2.34. The lowest BCUT2D eigenvalue weighted by Crippen LogP contribution is -2.28. The minimum Gasteiger partial charge on any atom is -0.465 e. The molecule has 0 aliphatic rings. The van der Waals surface area contributed by atoms with Gasteiger partial charge in [-0.3, -0.25) is 10.6 Å². The summed E-state index contributed by atoms with van der Waals surface area (Å²) in [7, 11) is 0. The molecule has 0 bridgehead atoms. The molecule has 7 nitrogen and oxygen atoms in total. The highest BCUT2D eigenvalue weighted by molar-refractivity contribution is 5.95. The number of benzene rings is 2. The Morgan fingerprint density at radius 2 is 1.80 bits per heavy atom. The molecule has 0 saturated heterocycles. The second-order valence-electron chi connectivity index (χ2n) is 7.58. The summed E-state index contributed by atoms with van der Waals surface area (Å²) in [5.74, 6) is -0.318. The number of anilines is 3. The molecule has 2 aromatic rings. The SMILES string of the molecule is C=CCN(Cc1ccc(F)cc1)c1ccc(NC(=O)O)c(NC(=O)OC(C)(C)C)c1. The third kappa shape index (κ3) is 7.12. The third-order valence-electron chi connectivity index (χ3n) is 3.88. The van der Waals surface area contributed by atoms with Crippen molar-refractivity contribution in [1.82, 2.24) is 0 Å². The lowest BCUT2D eigenvalue weighted by molar-refractivity contribution is 0.0636. The van der Waals surface area contributed by atoms with E-state index in [1.807, 2.05) is 4.90 Å². The first kappa shape index (κ1) is 22.7. The highest BCUT2D eigenvalue weighted by Gasteiger charge is 2.19. The number of carbonyl (C=O) groups is 2. The topological polar surface area (TPSA) is 90.9 Å². The minimum absolute atomic E-state index is 0.206. The number of amides is 2. The first-order chi connectivity index (χ1) is 14.1. The second kappa shape index (κ2) is 9.78. The van der Waals surface area contributed by atoms with Crippen molar-refractivity contribution in [3.63, 3.8) is 0 Å². The number of hydrogen-bond acceptors (Lipinski definition) is 4. The van der Waals surface area contributed by atoms with Gasteiger partial charge in [0.15, 0.2) is 0 Å². The van der Waals surface area contributed by atoms with Gasteiger partial charge in [0.1, 0.15) is 11.4 Å². The Bertz CT molecular complexity index is 908. The largest absolute Gasteiger partial charge is 0.465 e. The maximum absolute atomic E-state index is 13.2. The van der Waals surface area contributed by atoms with E-state index in [0.29, 0.717) is 18.8 Å². The van der Waals surface area contributed by atoms with E-state index in [4.69, 9.17) is 9.84 Å². The van der Waals surface area contributed by atoms with Crippen LogP contribution in [0.2, 0.25) is 0 Å². The Kier molecular flexibility index (Phi) is 7.41. The molecule has 0 aliphatic carbocycles. The van der Waals surface area contributed by atoms with Crippen molar-refractivity contribution in [3.8, 4) is 0 Å². The summed E-state index contributed by atoms with van der Waals surface area (Å²) >= 11 is 0. The fraction of sp³-hybridized carbons (Fsp3) is 0.273. The number of hydrogen-bond donors (Lipinski definition) is 3. The smallest absolute Gasteiger partial charge is 0.412 e. The van der Waals surface area contributed by atoms with E-state index in [2.05, 4.69) is 17.2 Å². The van der Waals surface area contributed by atoms with Gasteiger partial charge in [-0.2, -0.15) is 0 Å². The average molecular weight is 415 g/mol. The predicted octanol–water partition coefficient (Wildman–Crippen LogP) is 5.46. The van der Waals surface area contributed by atoms with Crippen LogP contribution in [-0.4, -0.2) is 29.4 Å². The zero-order valence-electron chi connectivity index (χ0n) is 17.2. The fourth-order valence-corrected chi connectivity index (χ4v) is 2.70. The van der Waals surface area contributed by atoms with Gasteiger partial charge in [-0.25, -0.2) is 14.0 Å². The van der Waals surface area contributed by atoms with E-state index < -0.39 is 17.8 Å². The van der Waals surface area contributed by atoms with E-state index >= 15 is 0 Å². The standard InChI is InChI=1S/C22H26FN3O4/c1-5-12-26(14-15-6-8-16(23)9-7-15)17-10-11-18(24-20(27)28)19(13-17)25-21(29)30-22(2,3)4/h5-11,13,24H,1,12,14H2,2-4H3,(H,25,29)(H,27,28). The van der Waals surface area contributed by atoms with Crippen LogP contribution in [0.15, 0.2) is 55.1 Å². The minimum atomic E-state index is -1.26. The number of nitrogens with zero attached hydrogens (tertiary/aromatic N) is 1. The van der Waals surface area contributed by atoms with Crippen LogP contribution in [0.1, 0.15) is 26.3 Å². The van der Waals surface area contributed by atoms with Gasteiger partial charge in [-0.05, 0) is 56.7 Å². The Hall–Kier alpha value is -3.55. The molecule has 30 heavy (non-hydrogen) atoms. The lowest BCUT2D eigenvalue weighted by Gasteiger charge is -2.25. The van der Waals surface area contributed by atoms with E-state index in [0.717, 1.165) is 5.56 Å². The number of carboxylic acid groups (broad SMARTS) is 1. The maximum Gasteiger partial charge on any atom is 0.412 e. The predicted molar refractivity (Wildman–Crippen MR) is 116 cm³/mol. The molecule has 160 valence electrons. The van der Waals surface area contributed by atoms with Crippen molar-refractivity contribution in [2.24, 2.45) is 0 Å². The van der Waals surface area contributed by atoms with Gasteiger partial charge in [0, 0.05) is 18.8 Å². The van der Waals surface area contributed by atoms with Crippen molar-refractivity contribution in [3.05, 3.63) is 66.5 Å². The molecule has 0 fully saturated rings.